The van der Waals surface area contributed by atoms with Crippen molar-refractivity contribution in [3.63, 3.8) is 0 Å². The van der Waals surface area contributed by atoms with Gasteiger partial charge in [0.05, 0.1) is 27.8 Å². The largest absolute Gasteiger partial charge is 0.310 e. The predicted molar refractivity (Wildman–Crippen MR) is 207 cm³/mol. The first kappa shape index (κ1) is 28.6. The molecule has 0 radical (unpaired) electrons. The van der Waals surface area contributed by atoms with E-state index in [0.29, 0.717) is 0 Å². The summed E-state index contributed by atoms with van der Waals surface area (Å²) < 4.78 is 4.57. The van der Waals surface area contributed by atoms with Gasteiger partial charge in [-0.1, -0.05) is 117 Å². The topological polar surface area (TPSA) is 25.5 Å². The van der Waals surface area contributed by atoms with Crippen LogP contribution in [0.2, 0.25) is 0 Å². The molecule has 0 atom stereocenters. The number of benzene rings is 7. The zero-order valence-corrected chi connectivity index (χ0v) is 28.0. The number of aromatic nitrogens is 3. The Morgan fingerprint density at radius 3 is 1.96 bits per heavy atom. The maximum absolute atomic E-state index is 5.15. The maximum atomic E-state index is 5.15. The van der Waals surface area contributed by atoms with Gasteiger partial charge < -0.3 is 4.90 Å². The molecule has 0 aliphatic heterocycles. The fourth-order valence-electron chi connectivity index (χ4n) is 8.09. The highest BCUT2D eigenvalue weighted by Gasteiger charge is 2.35. The second-order valence-corrected chi connectivity index (χ2v) is 13.7. The van der Waals surface area contributed by atoms with Crippen molar-refractivity contribution < 1.29 is 0 Å². The molecule has 1 aliphatic carbocycles. The zero-order valence-electron chi connectivity index (χ0n) is 28.0. The van der Waals surface area contributed by atoms with Crippen molar-refractivity contribution in [2.75, 3.05) is 4.90 Å². The van der Waals surface area contributed by atoms with Crippen LogP contribution < -0.4 is 4.90 Å². The molecule has 0 unspecified atom stereocenters. The summed E-state index contributed by atoms with van der Waals surface area (Å²) in [7, 11) is 0. The van der Waals surface area contributed by atoms with Crippen molar-refractivity contribution in [2.24, 2.45) is 0 Å². The molecular weight excluding hydrogens is 609 g/mol. The van der Waals surface area contributed by atoms with Gasteiger partial charge in [0, 0.05) is 22.5 Å². The molecule has 9 aromatic rings. The molecule has 0 saturated heterocycles. The summed E-state index contributed by atoms with van der Waals surface area (Å²) in [4.78, 5) is 7.54. The smallest absolute Gasteiger partial charge is 0.220 e. The van der Waals surface area contributed by atoms with Crippen molar-refractivity contribution in [2.45, 2.75) is 19.3 Å². The Bertz CT molecular complexity index is 2730. The fraction of sp³-hybridized carbons (Fsp3) is 0.0652. The number of rotatable bonds is 5. The molecule has 0 fully saturated rings. The quantitative estimate of drug-likeness (QED) is 0.187. The van der Waals surface area contributed by atoms with E-state index in [0.717, 1.165) is 50.6 Å². The van der Waals surface area contributed by atoms with Crippen LogP contribution in [0.4, 0.5) is 17.1 Å². The molecule has 1 aliphatic rings. The van der Waals surface area contributed by atoms with Crippen molar-refractivity contribution in [1.82, 2.24) is 14.0 Å². The average molecular weight is 643 g/mol. The Kier molecular flexibility index (Phi) is 6.19. The molecule has 0 saturated carbocycles. The lowest BCUT2D eigenvalue weighted by atomic mass is 9.82. The second-order valence-electron chi connectivity index (χ2n) is 13.7. The Balaban J connectivity index is 1.17. The van der Waals surface area contributed by atoms with E-state index >= 15 is 0 Å². The normalized spacial score (nSPS) is 13.2. The first-order chi connectivity index (χ1) is 24.6. The van der Waals surface area contributed by atoms with Crippen LogP contribution in [0.25, 0.3) is 55.8 Å². The van der Waals surface area contributed by atoms with Gasteiger partial charge in [-0.3, -0.25) is 8.97 Å². The lowest BCUT2D eigenvalue weighted by Gasteiger charge is -2.28. The van der Waals surface area contributed by atoms with Gasteiger partial charge in [0.25, 0.3) is 0 Å². The number of para-hydroxylation sites is 4. The van der Waals surface area contributed by atoms with Gasteiger partial charge in [-0.25, -0.2) is 4.98 Å². The molecule has 2 aromatic heterocycles. The van der Waals surface area contributed by atoms with Gasteiger partial charge in [-0.05, 0) is 100 Å². The molecule has 0 spiro atoms. The highest BCUT2D eigenvalue weighted by Crippen LogP contribution is 2.50. The number of nitrogens with zero attached hydrogens (tertiary/aromatic N) is 4. The SMILES string of the molecule is CC1(C)c2ccccc2-c2ccc(N(c3ccc(-c4ccccc4)cc3)c3cccc(-n4c5ccccc5n5c6ccccc6nc45)c3)cc21. The van der Waals surface area contributed by atoms with E-state index in [1.54, 1.807) is 0 Å². The summed E-state index contributed by atoms with van der Waals surface area (Å²) in [6, 6.07) is 61.2. The van der Waals surface area contributed by atoms with Crippen molar-refractivity contribution in [3.05, 3.63) is 181 Å². The van der Waals surface area contributed by atoms with Crippen LogP contribution in [0.1, 0.15) is 25.0 Å². The summed E-state index contributed by atoms with van der Waals surface area (Å²) in [5.41, 5.74) is 16.4. The second kappa shape index (κ2) is 10.8. The Hall–Kier alpha value is -6.39. The number of hydrogen-bond donors (Lipinski definition) is 0. The van der Waals surface area contributed by atoms with Crippen molar-refractivity contribution in [1.29, 1.82) is 0 Å². The monoisotopic (exact) mass is 642 g/mol. The summed E-state index contributed by atoms with van der Waals surface area (Å²) in [6.07, 6.45) is 0. The summed E-state index contributed by atoms with van der Waals surface area (Å²) in [6.45, 7) is 4.69. The van der Waals surface area contributed by atoms with E-state index in [2.05, 4.69) is 198 Å². The van der Waals surface area contributed by atoms with E-state index in [9.17, 15) is 0 Å². The Labute approximate surface area is 291 Å². The Morgan fingerprint density at radius 2 is 1.12 bits per heavy atom. The minimum atomic E-state index is -0.106. The average Bonchev–Trinajstić information content (AvgIpc) is 3.77. The number of fused-ring (bicyclic) bond motifs is 8. The molecule has 0 amide bonds. The highest BCUT2D eigenvalue weighted by molar-refractivity contribution is 5.93. The van der Waals surface area contributed by atoms with E-state index in [1.807, 2.05) is 0 Å². The van der Waals surface area contributed by atoms with E-state index in [1.165, 1.54) is 33.4 Å². The molecule has 4 nitrogen and oxygen atoms in total. The minimum Gasteiger partial charge on any atom is -0.310 e. The van der Waals surface area contributed by atoms with Crippen LogP contribution in [0.15, 0.2) is 170 Å². The lowest BCUT2D eigenvalue weighted by molar-refractivity contribution is 0.660. The van der Waals surface area contributed by atoms with Crippen LogP contribution in [0, 0.1) is 0 Å². The summed E-state index contributed by atoms with van der Waals surface area (Å²) in [5, 5.41) is 0. The van der Waals surface area contributed by atoms with Gasteiger partial charge in [-0.15, -0.1) is 0 Å². The van der Waals surface area contributed by atoms with Gasteiger partial charge in [0.15, 0.2) is 0 Å². The van der Waals surface area contributed by atoms with Gasteiger partial charge in [-0.2, -0.15) is 0 Å². The summed E-state index contributed by atoms with van der Waals surface area (Å²) in [5.74, 6) is 0.903. The minimum absolute atomic E-state index is 0.106. The molecule has 10 rings (SSSR count). The molecular formula is C46H34N4. The first-order valence-corrected chi connectivity index (χ1v) is 17.2. The molecule has 238 valence electrons. The molecule has 2 heterocycles. The number of hydrogen-bond acceptors (Lipinski definition) is 2. The lowest BCUT2D eigenvalue weighted by Crippen LogP contribution is -2.16. The van der Waals surface area contributed by atoms with E-state index in [-0.39, 0.29) is 5.41 Å². The van der Waals surface area contributed by atoms with E-state index in [4.69, 9.17) is 4.98 Å². The predicted octanol–water partition coefficient (Wildman–Crippen LogP) is 11.9. The molecule has 0 bridgehead atoms. The standard InChI is InChI=1S/C46H34N4/c1-46(2)39-18-7-6-17-37(39)38-28-27-36(30-40(38)46)48(33-25-23-32(24-26-33)31-13-4-3-5-14-31)34-15-12-16-35(29-34)49-43-21-10-11-22-44(43)50-42-20-9-8-19-41(42)47-45(49)50/h3-30H,1-2H3. The van der Waals surface area contributed by atoms with Crippen molar-refractivity contribution >= 4 is 44.9 Å². The molecule has 50 heavy (non-hydrogen) atoms. The van der Waals surface area contributed by atoms with Gasteiger partial charge in [0.2, 0.25) is 5.78 Å². The van der Waals surface area contributed by atoms with Crippen LogP contribution in [0.3, 0.4) is 0 Å². The third kappa shape index (κ3) is 4.21. The molecule has 4 heteroatoms. The summed E-state index contributed by atoms with van der Waals surface area (Å²) >= 11 is 0. The van der Waals surface area contributed by atoms with Crippen molar-refractivity contribution in [3.8, 4) is 27.9 Å². The van der Waals surface area contributed by atoms with Crippen LogP contribution in [-0.4, -0.2) is 14.0 Å². The number of anilines is 3. The van der Waals surface area contributed by atoms with Gasteiger partial charge >= 0.3 is 0 Å². The third-order valence-electron chi connectivity index (χ3n) is 10.5. The maximum Gasteiger partial charge on any atom is 0.220 e. The molecule has 0 N–H and O–H groups in total. The van der Waals surface area contributed by atoms with Crippen LogP contribution >= 0.6 is 0 Å². The van der Waals surface area contributed by atoms with Gasteiger partial charge in [0.1, 0.15) is 0 Å². The zero-order chi connectivity index (χ0) is 33.4. The highest BCUT2D eigenvalue weighted by atomic mass is 15.2. The number of imidazole rings is 2. The third-order valence-corrected chi connectivity index (χ3v) is 10.5. The van der Waals surface area contributed by atoms with Crippen LogP contribution in [0.5, 0.6) is 0 Å². The van der Waals surface area contributed by atoms with Crippen LogP contribution in [-0.2, 0) is 5.41 Å². The van der Waals surface area contributed by atoms with E-state index < -0.39 is 0 Å². The molecule has 7 aromatic carbocycles. The first-order valence-electron chi connectivity index (χ1n) is 17.2. The Morgan fingerprint density at radius 1 is 0.480 bits per heavy atom. The fourth-order valence-corrected chi connectivity index (χ4v) is 8.09.